The zero-order valence-corrected chi connectivity index (χ0v) is 14.8. The van der Waals surface area contributed by atoms with Gasteiger partial charge in [0.2, 0.25) is 5.91 Å². The summed E-state index contributed by atoms with van der Waals surface area (Å²) in [4.78, 5) is 25.6. The number of likely N-dealkylation sites (tertiary alicyclic amines) is 1. The van der Waals surface area contributed by atoms with Gasteiger partial charge in [-0.3, -0.25) is 14.3 Å². The van der Waals surface area contributed by atoms with Gasteiger partial charge in [0.15, 0.2) is 0 Å². The molecular formula is C17H26N4O3. The first kappa shape index (κ1) is 17.0. The van der Waals surface area contributed by atoms with Crippen molar-refractivity contribution in [1.29, 1.82) is 0 Å². The third-order valence-corrected chi connectivity index (χ3v) is 5.39. The van der Waals surface area contributed by atoms with E-state index in [1.165, 1.54) is 0 Å². The SMILES string of the molecule is Cc1nn(C)c(C)c1[C@H]1[C@H](NCC[C@@H]2CCOC2=O)CC(=O)N1C. The van der Waals surface area contributed by atoms with E-state index in [9.17, 15) is 9.59 Å². The van der Waals surface area contributed by atoms with E-state index < -0.39 is 0 Å². The summed E-state index contributed by atoms with van der Waals surface area (Å²) >= 11 is 0. The van der Waals surface area contributed by atoms with Gasteiger partial charge in [-0.2, -0.15) is 5.10 Å². The molecule has 0 aliphatic carbocycles. The molecular weight excluding hydrogens is 308 g/mol. The van der Waals surface area contributed by atoms with Crippen molar-refractivity contribution in [1.82, 2.24) is 20.0 Å². The van der Waals surface area contributed by atoms with Crippen molar-refractivity contribution in [2.75, 3.05) is 20.2 Å². The van der Waals surface area contributed by atoms with Gasteiger partial charge in [0, 0.05) is 37.8 Å². The lowest BCUT2D eigenvalue weighted by Crippen LogP contribution is -2.37. The van der Waals surface area contributed by atoms with Crippen LogP contribution in [0.5, 0.6) is 0 Å². The molecule has 132 valence electrons. The second-order valence-electron chi connectivity index (χ2n) is 6.86. The summed E-state index contributed by atoms with van der Waals surface area (Å²) in [5.74, 6) is 0.0417. The molecule has 7 nitrogen and oxygen atoms in total. The molecule has 2 saturated heterocycles. The second-order valence-corrected chi connectivity index (χ2v) is 6.86. The van der Waals surface area contributed by atoms with Gasteiger partial charge in [-0.1, -0.05) is 0 Å². The van der Waals surface area contributed by atoms with Crippen molar-refractivity contribution < 1.29 is 14.3 Å². The number of nitrogens with zero attached hydrogens (tertiary/aromatic N) is 3. The quantitative estimate of drug-likeness (QED) is 0.808. The van der Waals surface area contributed by atoms with Gasteiger partial charge in [0.25, 0.3) is 0 Å². The van der Waals surface area contributed by atoms with Crippen molar-refractivity contribution in [3.05, 3.63) is 17.0 Å². The number of hydrogen-bond acceptors (Lipinski definition) is 5. The normalized spacial score (nSPS) is 27.2. The number of hydrogen-bond donors (Lipinski definition) is 1. The maximum absolute atomic E-state index is 12.3. The lowest BCUT2D eigenvalue weighted by Gasteiger charge is -2.26. The summed E-state index contributed by atoms with van der Waals surface area (Å²) in [6.07, 6.45) is 2.03. The van der Waals surface area contributed by atoms with Gasteiger partial charge in [-0.25, -0.2) is 0 Å². The number of likely N-dealkylation sites (N-methyl/N-ethyl adjacent to an activating group) is 1. The molecule has 3 atom stereocenters. The Balaban J connectivity index is 1.71. The van der Waals surface area contributed by atoms with Crippen LogP contribution in [0.4, 0.5) is 0 Å². The smallest absolute Gasteiger partial charge is 0.309 e. The predicted octanol–water partition coefficient (Wildman–Crippen LogP) is 0.852. The molecule has 0 bridgehead atoms. The van der Waals surface area contributed by atoms with E-state index in [0.717, 1.165) is 29.8 Å². The number of nitrogens with one attached hydrogen (secondary N) is 1. The highest BCUT2D eigenvalue weighted by Gasteiger charge is 2.41. The molecule has 0 saturated carbocycles. The molecule has 0 aromatic carbocycles. The maximum atomic E-state index is 12.3. The van der Waals surface area contributed by atoms with Gasteiger partial charge in [-0.15, -0.1) is 0 Å². The van der Waals surface area contributed by atoms with E-state index in [0.29, 0.717) is 19.6 Å². The molecule has 1 aromatic rings. The molecule has 2 fully saturated rings. The van der Waals surface area contributed by atoms with E-state index >= 15 is 0 Å². The van der Waals surface area contributed by atoms with E-state index in [1.807, 2.05) is 37.5 Å². The van der Waals surface area contributed by atoms with Gasteiger partial charge in [0.1, 0.15) is 0 Å². The van der Waals surface area contributed by atoms with Crippen LogP contribution in [-0.2, 0) is 21.4 Å². The number of rotatable bonds is 5. The molecule has 24 heavy (non-hydrogen) atoms. The number of carbonyl (C=O) groups excluding carboxylic acids is 2. The highest BCUT2D eigenvalue weighted by atomic mass is 16.5. The Morgan fingerprint density at radius 3 is 2.62 bits per heavy atom. The summed E-state index contributed by atoms with van der Waals surface area (Å²) in [5, 5.41) is 7.99. The average Bonchev–Trinajstić information content (AvgIpc) is 3.13. The fourth-order valence-corrected chi connectivity index (χ4v) is 3.91. The Morgan fingerprint density at radius 2 is 2.04 bits per heavy atom. The van der Waals surface area contributed by atoms with E-state index in [2.05, 4.69) is 10.4 Å². The van der Waals surface area contributed by atoms with Crippen LogP contribution in [0.15, 0.2) is 0 Å². The minimum atomic E-state index is -0.0908. The standard InChI is InChI=1S/C17H26N4O3/c1-10-15(11(2)21(4)19-10)16-13(9-14(22)20(16)3)18-7-5-12-6-8-24-17(12)23/h12-13,16,18H,5-9H2,1-4H3/t12-,13-,16-/m1/s1. The zero-order valence-electron chi connectivity index (χ0n) is 14.8. The van der Waals surface area contributed by atoms with Crippen LogP contribution in [0, 0.1) is 19.8 Å². The third-order valence-electron chi connectivity index (χ3n) is 5.39. The lowest BCUT2D eigenvalue weighted by molar-refractivity contribution is -0.141. The first-order chi connectivity index (χ1) is 11.4. The Kier molecular flexibility index (Phi) is 4.62. The summed E-state index contributed by atoms with van der Waals surface area (Å²) in [6, 6.07) is 0.0308. The van der Waals surface area contributed by atoms with Crippen molar-refractivity contribution in [2.45, 2.75) is 45.2 Å². The number of aryl methyl sites for hydroxylation is 2. The minimum absolute atomic E-state index is 0.00681. The van der Waals surface area contributed by atoms with E-state index in [1.54, 1.807) is 0 Å². The molecule has 2 aliphatic heterocycles. The number of cyclic esters (lactones) is 1. The Morgan fingerprint density at radius 1 is 1.29 bits per heavy atom. The number of aromatic nitrogens is 2. The van der Waals surface area contributed by atoms with Gasteiger partial charge < -0.3 is 15.0 Å². The highest BCUT2D eigenvalue weighted by molar-refractivity contribution is 5.80. The molecule has 1 amide bonds. The summed E-state index contributed by atoms with van der Waals surface area (Å²) in [5.41, 5.74) is 3.18. The topological polar surface area (TPSA) is 76.5 Å². The molecule has 7 heteroatoms. The van der Waals surface area contributed by atoms with Crippen LogP contribution in [0.3, 0.4) is 0 Å². The fraction of sp³-hybridized carbons (Fsp3) is 0.706. The Bertz CT molecular complexity index is 655. The number of ether oxygens (including phenoxy) is 1. The molecule has 0 spiro atoms. The molecule has 1 aromatic heterocycles. The molecule has 1 N–H and O–H groups in total. The Labute approximate surface area is 142 Å². The van der Waals surface area contributed by atoms with E-state index in [-0.39, 0.29) is 29.9 Å². The minimum Gasteiger partial charge on any atom is -0.465 e. The van der Waals surface area contributed by atoms with Crippen LogP contribution < -0.4 is 5.32 Å². The fourth-order valence-electron chi connectivity index (χ4n) is 3.91. The van der Waals surface area contributed by atoms with Crippen molar-refractivity contribution in [3.8, 4) is 0 Å². The van der Waals surface area contributed by atoms with Crippen molar-refractivity contribution in [3.63, 3.8) is 0 Å². The third kappa shape index (κ3) is 2.92. The van der Waals surface area contributed by atoms with Crippen LogP contribution in [-0.4, -0.2) is 52.8 Å². The molecule has 3 rings (SSSR count). The van der Waals surface area contributed by atoms with Crippen molar-refractivity contribution >= 4 is 11.9 Å². The van der Waals surface area contributed by atoms with E-state index in [4.69, 9.17) is 4.74 Å². The number of amides is 1. The predicted molar refractivity (Wildman–Crippen MR) is 88.3 cm³/mol. The second kappa shape index (κ2) is 6.55. The van der Waals surface area contributed by atoms with Crippen LogP contribution in [0.2, 0.25) is 0 Å². The monoisotopic (exact) mass is 334 g/mol. The van der Waals surface area contributed by atoms with Crippen molar-refractivity contribution in [2.24, 2.45) is 13.0 Å². The highest BCUT2D eigenvalue weighted by Crippen LogP contribution is 2.35. The molecule has 0 unspecified atom stereocenters. The van der Waals surface area contributed by atoms with Crippen LogP contribution in [0.25, 0.3) is 0 Å². The Hall–Kier alpha value is -1.89. The number of carbonyl (C=O) groups is 2. The molecule has 0 radical (unpaired) electrons. The first-order valence-electron chi connectivity index (χ1n) is 8.56. The summed E-state index contributed by atoms with van der Waals surface area (Å²) in [6.45, 7) is 5.27. The zero-order chi connectivity index (χ0) is 17.4. The number of esters is 1. The van der Waals surface area contributed by atoms with Crippen LogP contribution in [0.1, 0.15) is 42.3 Å². The molecule has 3 heterocycles. The largest absolute Gasteiger partial charge is 0.465 e. The maximum Gasteiger partial charge on any atom is 0.309 e. The lowest BCUT2D eigenvalue weighted by atomic mass is 9.97. The van der Waals surface area contributed by atoms with Gasteiger partial charge in [-0.05, 0) is 33.2 Å². The molecule has 2 aliphatic rings. The van der Waals surface area contributed by atoms with Gasteiger partial charge in [0.05, 0.1) is 24.3 Å². The first-order valence-corrected chi connectivity index (χ1v) is 8.56. The summed E-state index contributed by atoms with van der Waals surface area (Å²) in [7, 11) is 3.78. The summed E-state index contributed by atoms with van der Waals surface area (Å²) < 4.78 is 6.87. The van der Waals surface area contributed by atoms with Crippen LogP contribution >= 0.6 is 0 Å². The average molecular weight is 334 g/mol. The van der Waals surface area contributed by atoms with Gasteiger partial charge >= 0.3 is 5.97 Å².